The van der Waals surface area contributed by atoms with Crippen LogP contribution in [-0.2, 0) is 0 Å². The van der Waals surface area contributed by atoms with Gasteiger partial charge in [-0.1, -0.05) is 13.8 Å². The topological polar surface area (TPSA) is 42.2 Å². The van der Waals surface area contributed by atoms with Crippen molar-refractivity contribution in [2.45, 2.75) is 20.8 Å². The van der Waals surface area contributed by atoms with Crippen LogP contribution in [0.25, 0.3) is 10.9 Å². The number of aromatic nitrogens is 1. The molecule has 5 heteroatoms. The Kier molecular flexibility index (Phi) is 3.83. The Balaban J connectivity index is 0.000000686. The van der Waals surface area contributed by atoms with Crippen LogP contribution in [0.2, 0.25) is 0 Å². The average molecular weight is 241 g/mol. The van der Waals surface area contributed by atoms with E-state index in [1.54, 1.807) is 0 Å². The van der Waals surface area contributed by atoms with Crippen LogP contribution in [-0.4, -0.2) is 15.6 Å². The van der Waals surface area contributed by atoms with E-state index in [4.69, 9.17) is 5.11 Å². The maximum absolute atomic E-state index is 13.4. The Hall–Kier alpha value is -1.91. The van der Waals surface area contributed by atoms with Gasteiger partial charge in [-0.05, 0) is 6.07 Å². The van der Waals surface area contributed by atoms with E-state index in [1.165, 1.54) is 19.2 Å². The molecule has 3 nitrogen and oxygen atoms in total. The number of aromatic hydroxyl groups is 1. The Labute approximate surface area is 97.3 Å². The number of fused-ring (bicyclic) bond motifs is 1. The number of rotatable bonds is 0. The molecule has 0 saturated heterocycles. The fraction of sp³-hybridized carbons (Fsp3) is 0.250. The van der Waals surface area contributed by atoms with Crippen LogP contribution in [0.3, 0.4) is 0 Å². The van der Waals surface area contributed by atoms with Crippen LogP contribution in [0.15, 0.2) is 18.3 Å². The van der Waals surface area contributed by atoms with Gasteiger partial charge in [0.2, 0.25) is 5.91 Å². The van der Waals surface area contributed by atoms with Crippen LogP contribution in [0.5, 0.6) is 5.75 Å². The van der Waals surface area contributed by atoms with Gasteiger partial charge in [0, 0.05) is 24.6 Å². The van der Waals surface area contributed by atoms with E-state index >= 15 is 0 Å². The lowest BCUT2D eigenvalue weighted by Gasteiger charge is -2.02. The van der Waals surface area contributed by atoms with E-state index < -0.39 is 23.3 Å². The molecule has 0 radical (unpaired) electrons. The van der Waals surface area contributed by atoms with Crippen molar-refractivity contribution in [2.24, 2.45) is 0 Å². The highest BCUT2D eigenvalue weighted by Crippen LogP contribution is 2.28. The van der Waals surface area contributed by atoms with Crippen molar-refractivity contribution in [2.75, 3.05) is 0 Å². The van der Waals surface area contributed by atoms with Crippen LogP contribution in [0.4, 0.5) is 8.78 Å². The summed E-state index contributed by atoms with van der Waals surface area (Å²) in [4.78, 5) is 11.1. The highest BCUT2D eigenvalue weighted by Gasteiger charge is 2.16. The molecule has 0 aliphatic heterocycles. The molecule has 0 unspecified atom stereocenters. The molecule has 0 atom stereocenters. The predicted octanol–water partition coefficient (Wildman–Crippen LogP) is 3.31. The summed E-state index contributed by atoms with van der Waals surface area (Å²) in [6, 6.07) is 1.89. The molecular formula is C12H13F2NO2. The molecule has 17 heavy (non-hydrogen) atoms. The van der Waals surface area contributed by atoms with Crippen molar-refractivity contribution < 1.29 is 18.7 Å². The number of benzene rings is 1. The first kappa shape index (κ1) is 13.2. The van der Waals surface area contributed by atoms with Crippen molar-refractivity contribution in [3.63, 3.8) is 0 Å². The summed E-state index contributed by atoms with van der Waals surface area (Å²) in [6.07, 6.45) is 1.26. The Morgan fingerprint density at radius 3 is 2.47 bits per heavy atom. The molecule has 0 aliphatic rings. The third-order valence-corrected chi connectivity index (χ3v) is 2.18. The zero-order valence-corrected chi connectivity index (χ0v) is 9.79. The maximum Gasteiger partial charge on any atom is 0.228 e. The van der Waals surface area contributed by atoms with Gasteiger partial charge in [0.05, 0.1) is 5.52 Å². The van der Waals surface area contributed by atoms with Gasteiger partial charge >= 0.3 is 0 Å². The molecule has 1 aromatic heterocycles. The van der Waals surface area contributed by atoms with Gasteiger partial charge < -0.3 is 5.11 Å². The van der Waals surface area contributed by atoms with Crippen molar-refractivity contribution in [1.29, 1.82) is 0 Å². The molecule has 0 saturated carbocycles. The summed E-state index contributed by atoms with van der Waals surface area (Å²) in [5, 5.41) is 8.93. The number of carbonyl (C=O) groups is 1. The maximum atomic E-state index is 13.4. The molecule has 92 valence electrons. The Morgan fingerprint density at radius 2 is 1.94 bits per heavy atom. The highest BCUT2D eigenvalue weighted by atomic mass is 19.1. The van der Waals surface area contributed by atoms with E-state index in [-0.39, 0.29) is 10.9 Å². The normalized spacial score (nSPS) is 9.94. The number of halogens is 2. The number of phenolic OH excluding ortho intramolecular Hbond substituents is 1. The lowest BCUT2D eigenvalue weighted by molar-refractivity contribution is 0.0941. The summed E-state index contributed by atoms with van der Waals surface area (Å²) in [6.45, 7) is 5.24. The van der Waals surface area contributed by atoms with Crippen LogP contribution >= 0.6 is 0 Å². The molecule has 0 fully saturated rings. The standard InChI is InChI=1S/C10H7F2NO2.C2H6/c1-5(14)13-3-2-6-9(12)8(15)4-7(11)10(6)13;1-2/h2-4,15H,1H3;1-2H3. The first-order chi connectivity index (χ1) is 8.02. The van der Waals surface area contributed by atoms with Gasteiger partial charge in [-0.2, -0.15) is 0 Å². The van der Waals surface area contributed by atoms with E-state index in [1.807, 2.05) is 13.8 Å². The van der Waals surface area contributed by atoms with E-state index in [9.17, 15) is 13.6 Å². The van der Waals surface area contributed by atoms with Crippen molar-refractivity contribution >= 4 is 16.8 Å². The van der Waals surface area contributed by atoms with Crippen molar-refractivity contribution in [3.05, 3.63) is 30.0 Å². The van der Waals surface area contributed by atoms with Gasteiger partial charge in [-0.3, -0.25) is 9.36 Å². The third-order valence-electron chi connectivity index (χ3n) is 2.18. The van der Waals surface area contributed by atoms with Gasteiger partial charge in [0.25, 0.3) is 0 Å². The molecule has 1 N–H and O–H groups in total. The quantitative estimate of drug-likeness (QED) is 0.768. The lowest BCUT2D eigenvalue weighted by Crippen LogP contribution is -2.04. The monoisotopic (exact) mass is 241 g/mol. The Morgan fingerprint density at radius 1 is 1.35 bits per heavy atom. The summed E-state index contributed by atoms with van der Waals surface area (Å²) in [5.74, 6) is -2.94. The van der Waals surface area contributed by atoms with Gasteiger partial charge in [0.1, 0.15) is 0 Å². The van der Waals surface area contributed by atoms with E-state index in [0.717, 1.165) is 4.57 Å². The highest BCUT2D eigenvalue weighted by molar-refractivity contribution is 5.92. The minimum absolute atomic E-state index is 0.109. The van der Waals surface area contributed by atoms with E-state index in [0.29, 0.717) is 6.07 Å². The van der Waals surface area contributed by atoms with Crippen LogP contribution in [0.1, 0.15) is 25.6 Å². The molecular weight excluding hydrogens is 228 g/mol. The number of hydrogen-bond donors (Lipinski definition) is 1. The molecule has 0 bridgehead atoms. The number of carbonyl (C=O) groups excluding carboxylic acids is 1. The minimum atomic E-state index is -0.925. The summed E-state index contributed by atoms with van der Waals surface area (Å²) in [7, 11) is 0. The molecule has 0 spiro atoms. The molecule has 0 amide bonds. The average Bonchev–Trinajstić information content (AvgIpc) is 2.74. The van der Waals surface area contributed by atoms with Crippen molar-refractivity contribution in [1.82, 2.24) is 4.57 Å². The van der Waals surface area contributed by atoms with Crippen LogP contribution < -0.4 is 0 Å². The van der Waals surface area contributed by atoms with E-state index in [2.05, 4.69) is 0 Å². The molecule has 1 heterocycles. The molecule has 2 aromatic rings. The molecule has 1 aromatic carbocycles. The first-order valence-electron chi connectivity index (χ1n) is 5.21. The predicted molar refractivity (Wildman–Crippen MR) is 61.2 cm³/mol. The fourth-order valence-electron chi connectivity index (χ4n) is 1.51. The second-order valence-corrected chi connectivity index (χ2v) is 3.16. The first-order valence-corrected chi connectivity index (χ1v) is 5.21. The number of nitrogens with zero attached hydrogens (tertiary/aromatic N) is 1. The van der Waals surface area contributed by atoms with Crippen molar-refractivity contribution in [3.8, 4) is 5.75 Å². The third kappa shape index (κ3) is 2.13. The zero-order valence-electron chi connectivity index (χ0n) is 9.79. The van der Waals surface area contributed by atoms with Gasteiger partial charge in [-0.15, -0.1) is 0 Å². The SMILES string of the molecule is CC.CC(=O)n1ccc2c(F)c(O)cc(F)c21. The smallest absolute Gasteiger partial charge is 0.228 e. The van der Waals surface area contributed by atoms with Gasteiger partial charge in [-0.25, -0.2) is 8.78 Å². The lowest BCUT2D eigenvalue weighted by atomic mass is 10.2. The fourth-order valence-corrected chi connectivity index (χ4v) is 1.51. The summed E-state index contributed by atoms with van der Waals surface area (Å²) >= 11 is 0. The summed E-state index contributed by atoms with van der Waals surface area (Å²) < 4.78 is 27.7. The number of phenols is 1. The molecule has 2 rings (SSSR count). The Bertz CT molecular complexity index is 561. The largest absolute Gasteiger partial charge is 0.505 e. The minimum Gasteiger partial charge on any atom is -0.505 e. The zero-order chi connectivity index (χ0) is 13.2. The van der Waals surface area contributed by atoms with Crippen LogP contribution in [0, 0.1) is 11.6 Å². The van der Waals surface area contributed by atoms with Gasteiger partial charge in [0.15, 0.2) is 17.4 Å². The second-order valence-electron chi connectivity index (χ2n) is 3.16. The molecule has 0 aliphatic carbocycles. The number of hydrogen-bond acceptors (Lipinski definition) is 2. The second kappa shape index (κ2) is 4.95. The summed E-state index contributed by atoms with van der Waals surface area (Å²) in [5.41, 5.74) is -0.155.